The van der Waals surface area contributed by atoms with Crippen LogP contribution in [0, 0.1) is 17.0 Å². The van der Waals surface area contributed by atoms with Crippen molar-refractivity contribution in [3.63, 3.8) is 0 Å². The van der Waals surface area contributed by atoms with E-state index in [1.165, 1.54) is 19.2 Å². The Bertz CT molecular complexity index is 653. The topological polar surface area (TPSA) is 90.7 Å². The Hall–Kier alpha value is -1.93. The van der Waals surface area contributed by atoms with Crippen LogP contribution in [0.2, 0.25) is 18.1 Å². The van der Waals surface area contributed by atoms with Crippen LogP contribution in [-0.2, 0) is 9.16 Å². The number of nitrogens with one attached hydrogen (secondary N) is 1. The molecule has 0 aliphatic rings. The number of nitrogens with zero attached hydrogens (tertiary/aromatic N) is 1. The number of esters is 1. The summed E-state index contributed by atoms with van der Waals surface area (Å²) in [6.07, 6.45) is 0. The highest BCUT2D eigenvalue weighted by atomic mass is 28.4. The molecular formula is C17H28N2O5Si. The van der Waals surface area contributed by atoms with Crippen LogP contribution in [-0.4, -0.2) is 39.5 Å². The molecule has 0 heterocycles. The van der Waals surface area contributed by atoms with Crippen molar-refractivity contribution in [2.75, 3.05) is 25.6 Å². The van der Waals surface area contributed by atoms with E-state index in [1.807, 2.05) is 0 Å². The first kappa shape index (κ1) is 21.1. The zero-order chi connectivity index (χ0) is 19.4. The van der Waals surface area contributed by atoms with E-state index in [9.17, 15) is 14.9 Å². The standard InChI is InChI=1S/C17H28N2O5Si/c1-12-13(16(20)23-5)8-9-14(15(12)19(21)22)18-10-11-24-25(6,7)17(2,3)4/h8-9,18H,10-11H2,1-7H3. The third-order valence-corrected chi connectivity index (χ3v) is 9.24. The number of ether oxygens (including phenoxy) is 1. The first-order chi connectivity index (χ1) is 11.4. The molecule has 7 nitrogen and oxygen atoms in total. The molecule has 1 aromatic carbocycles. The summed E-state index contributed by atoms with van der Waals surface area (Å²) >= 11 is 0. The van der Waals surface area contributed by atoms with Gasteiger partial charge in [-0.3, -0.25) is 10.1 Å². The predicted octanol–water partition coefficient (Wildman–Crippen LogP) is 4.12. The minimum atomic E-state index is -1.85. The molecule has 1 aromatic rings. The van der Waals surface area contributed by atoms with Crippen LogP contribution in [0.5, 0.6) is 0 Å². The average Bonchev–Trinajstić information content (AvgIpc) is 2.49. The minimum absolute atomic E-state index is 0.109. The van der Waals surface area contributed by atoms with Gasteiger partial charge in [-0.2, -0.15) is 0 Å². The van der Waals surface area contributed by atoms with Crippen molar-refractivity contribution in [2.24, 2.45) is 0 Å². The van der Waals surface area contributed by atoms with Gasteiger partial charge >= 0.3 is 5.97 Å². The van der Waals surface area contributed by atoms with E-state index in [2.05, 4.69) is 43.9 Å². The fourth-order valence-electron chi connectivity index (χ4n) is 2.12. The maximum atomic E-state index is 11.7. The molecule has 140 valence electrons. The molecule has 0 atom stereocenters. The van der Waals surface area contributed by atoms with Gasteiger partial charge in [0.25, 0.3) is 5.69 Å². The van der Waals surface area contributed by atoms with Crippen molar-refractivity contribution in [3.8, 4) is 0 Å². The van der Waals surface area contributed by atoms with Gasteiger partial charge in [-0.1, -0.05) is 20.8 Å². The number of rotatable bonds is 7. The number of anilines is 1. The highest BCUT2D eigenvalue weighted by molar-refractivity contribution is 6.74. The van der Waals surface area contributed by atoms with Crippen molar-refractivity contribution in [1.82, 2.24) is 0 Å². The van der Waals surface area contributed by atoms with Crippen LogP contribution in [0.3, 0.4) is 0 Å². The lowest BCUT2D eigenvalue weighted by molar-refractivity contribution is -0.384. The van der Waals surface area contributed by atoms with Crippen LogP contribution >= 0.6 is 0 Å². The van der Waals surface area contributed by atoms with Crippen LogP contribution in [0.25, 0.3) is 0 Å². The molecule has 0 saturated heterocycles. The van der Waals surface area contributed by atoms with Crippen LogP contribution < -0.4 is 5.32 Å². The molecular weight excluding hydrogens is 340 g/mol. The Morgan fingerprint density at radius 3 is 2.40 bits per heavy atom. The quantitative estimate of drug-likeness (QED) is 0.256. The second-order valence-electron chi connectivity index (χ2n) is 7.42. The largest absolute Gasteiger partial charge is 0.465 e. The van der Waals surface area contributed by atoms with E-state index in [0.717, 1.165) is 0 Å². The number of nitro groups is 1. The molecule has 0 amide bonds. The van der Waals surface area contributed by atoms with Gasteiger partial charge in [0.2, 0.25) is 0 Å². The van der Waals surface area contributed by atoms with E-state index in [1.54, 1.807) is 6.92 Å². The minimum Gasteiger partial charge on any atom is -0.465 e. The lowest BCUT2D eigenvalue weighted by Gasteiger charge is -2.36. The molecule has 25 heavy (non-hydrogen) atoms. The van der Waals surface area contributed by atoms with Gasteiger partial charge in [0.15, 0.2) is 8.32 Å². The number of carbonyl (C=O) groups excluding carboxylic acids is 1. The van der Waals surface area contributed by atoms with E-state index < -0.39 is 19.2 Å². The Balaban J connectivity index is 2.88. The summed E-state index contributed by atoms with van der Waals surface area (Å²) < 4.78 is 10.7. The van der Waals surface area contributed by atoms with E-state index >= 15 is 0 Å². The summed E-state index contributed by atoms with van der Waals surface area (Å²) in [6.45, 7) is 13.2. The van der Waals surface area contributed by atoms with E-state index in [4.69, 9.17) is 4.43 Å². The molecule has 1 N–H and O–H groups in total. The normalized spacial score (nSPS) is 12.0. The van der Waals surface area contributed by atoms with Gasteiger partial charge in [-0.05, 0) is 37.2 Å². The van der Waals surface area contributed by atoms with Crippen molar-refractivity contribution < 1.29 is 18.9 Å². The molecule has 0 radical (unpaired) electrons. The lowest BCUT2D eigenvalue weighted by atomic mass is 10.1. The fraction of sp³-hybridized carbons (Fsp3) is 0.588. The lowest BCUT2D eigenvalue weighted by Crippen LogP contribution is -2.41. The maximum Gasteiger partial charge on any atom is 0.338 e. The zero-order valence-electron chi connectivity index (χ0n) is 16.1. The Kier molecular flexibility index (Phi) is 6.73. The maximum absolute atomic E-state index is 11.7. The summed E-state index contributed by atoms with van der Waals surface area (Å²) in [7, 11) is -0.605. The van der Waals surface area contributed by atoms with Crippen molar-refractivity contribution in [3.05, 3.63) is 33.4 Å². The smallest absolute Gasteiger partial charge is 0.338 e. The van der Waals surface area contributed by atoms with Crippen molar-refractivity contribution in [1.29, 1.82) is 0 Å². The van der Waals surface area contributed by atoms with Gasteiger partial charge in [0.05, 0.1) is 24.2 Å². The molecule has 0 aromatic heterocycles. The third kappa shape index (κ3) is 5.02. The molecule has 8 heteroatoms. The molecule has 0 unspecified atom stereocenters. The van der Waals surface area contributed by atoms with Gasteiger partial charge in [0, 0.05) is 12.1 Å². The SMILES string of the molecule is COC(=O)c1ccc(NCCO[Si](C)(C)C(C)(C)C)c([N+](=O)[O-])c1C. The molecule has 0 fully saturated rings. The first-order valence-electron chi connectivity index (χ1n) is 8.16. The van der Waals surface area contributed by atoms with Gasteiger partial charge in [-0.15, -0.1) is 0 Å². The summed E-state index contributed by atoms with van der Waals surface area (Å²) in [5.74, 6) is -0.589. The number of hydrogen-bond acceptors (Lipinski definition) is 6. The fourth-order valence-corrected chi connectivity index (χ4v) is 3.16. The van der Waals surface area contributed by atoms with Crippen LogP contribution in [0.1, 0.15) is 36.7 Å². The number of carbonyl (C=O) groups is 1. The number of benzene rings is 1. The van der Waals surface area contributed by atoms with Gasteiger partial charge in [-0.25, -0.2) is 4.79 Å². The molecule has 0 aliphatic carbocycles. The number of hydrogen-bond donors (Lipinski definition) is 1. The Morgan fingerprint density at radius 2 is 1.92 bits per heavy atom. The van der Waals surface area contributed by atoms with Crippen LogP contribution in [0.4, 0.5) is 11.4 Å². The highest BCUT2D eigenvalue weighted by Crippen LogP contribution is 2.36. The van der Waals surface area contributed by atoms with Crippen molar-refractivity contribution >= 4 is 25.7 Å². The first-order valence-corrected chi connectivity index (χ1v) is 11.1. The molecule has 0 bridgehead atoms. The number of methoxy groups -OCH3 is 1. The Morgan fingerprint density at radius 1 is 1.32 bits per heavy atom. The highest BCUT2D eigenvalue weighted by Gasteiger charge is 2.36. The second kappa shape index (κ2) is 7.96. The predicted molar refractivity (Wildman–Crippen MR) is 101 cm³/mol. The molecule has 0 saturated carbocycles. The second-order valence-corrected chi connectivity index (χ2v) is 12.2. The van der Waals surface area contributed by atoms with Gasteiger partial charge < -0.3 is 14.5 Å². The summed E-state index contributed by atoms with van der Waals surface area (Å²) in [5.41, 5.74) is 0.730. The molecule has 0 aliphatic heterocycles. The Labute approximate surface area is 150 Å². The zero-order valence-corrected chi connectivity index (χ0v) is 17.1. The summed E-state index contributed by atoms with van der Waals surface area (Å²) in [5, 5.41) is 14.6. The van der Waals surface area contributed by atoms with Crippen LogP contribution in [0.15, 0.2) is 12.1 Å². The third-order valence-electron chi connectivity index (χ3n) is 4.71. The summed E-state index contributed by atoms with van der Waals surface area (Å²) in [6, 6.07) is 3.06. The van der Waals surface area contributed by atoms with E-state index in [0.29, 0.717) is 18.8 Å². The van der Waals surface area contributed by atoms with Gasteiger partial charge in [0.1, 0.15) is 5.69 Å². The number of nitro benzene ring substituents is 1. The average molecular weight is 369 g/mol. The summed E-state index contributed by atoms with van der Waals surface area (Å²) in [4.78, 5) is 22.6. The van der Waals surface area contributed by atoms with E-state index in [-0.39, 0.29) is 21.9 Å². The monoisotopic (exact) mass is 368 g/mol. The molecule has 1 rings (SSSR count). The molecule has 0 spiro atoms. The van der Waals surface area contributed by atoms with Crippen molar-refractivity contribution in [2.45, 2.75) is 45.8 Å².